The van der Waals surface area contributed by atoms with Crippen LogP contribution in [-0.4, -0.2) is 59.9 Å². The summed E-state index contributed by atoms with van der Waals surface area (Å²) in [5, 5.41) is 0. The second-order valence-corrected chi connectivity index (χ2v) is 8.49. The smallest absolute Gasteiger partial charge is 0.369 e. The summed E-state index contributed by atoms with van der Waals surface area (Å²) in [7, 11) is 3.52. The molecule has 2 heterocycles. The molecule has 2 atom stereocenters. The van der Waals surface area contributed by atoms with Gasteiger partial charge in [-0.05, 0) is 64.7 Å². The second-order valence-electron chi connectivity index (χ2n) is 7.57. The second kappa shape index (κ2) is 8.85. The van der Waals surface area contributed by atoms with Gasteiger partial charge in [-0.3, -0.25) is 14.7 Å². The number of hydrogen-bond acceptors (Lipinski definition) is 3. The number of nitrogens with zero attached hydrogens (tertiary/aromatic N) is 4. The zero-order chi connectivity index (χ0) is 22.1. The molecule has 1 amide bonds. The summed E-state index contributed by atoms with van der Waals surface area (Å²) >= 11 is 3.32. The molecule has 0 fully saturated rings. The third kappa shape index (κ3) is 5.26. The number of amides is 1. The van der Waals surface area contributed by atoms with Crippen molar-refractivity contribution in [2.75, 3.05) is 20.6 Å². The van der Waals surface area contributed by atoms with Crippen LogP contribution in [-0.2, 0) is 6.42 Å². The lowest BCUT2D eigenvalue weighted by Gasteiger charge is -2.42. The van der Waals surface area contributed by atoms with Gasteiger partial charge in [-0.15, -0.1) is 0 Å². The lowest BCUT2D eigenvalue weighted by atomic mass is 9.85. The predicted octanol–water partition coefficient (Wildman–Crippen LogP) is 4.47. The topological polar surface area (TPSA) is 48.8 Å². The molecule has 3 rings (SSSR count). The van der Waals surface area contributed by atoms with Crippen LogP contribution < -0.4 is 0 Å². The molecule has 9 heteroatoms. The summed E-state index contributed by atoms with van der Waals surface area (Å²) in [6.45, 7) is 0.725. The summed E-state index contributed by atoms with van der Waals surface area (Å²) in [5.74, 6) is -0.393. The van der Waals surface area contributed by atoms with Crippen molar-refractivity contribution in [2.45, 2.75) is 31.6 Å². The van der Waals surface area contributed by atoms with Crippen LogP contribution in [0.1, 0.15) is 40.1 Å². The quantitative estimate of drug-likeness (QED) is 0.476. The molecule has 1 aliphatic rings. The largest absolute Gasteiger partial charge is 0.401 e. The summed E-state index contributed by atoms with van der Waals surface area (Å²) in [5.41, 5.74) is 2.49. The van der Waals surface area contributed by atoms with E-state index in [1.54, 1.807) is 62.4 Å². The Labute approximate surface area is 181 Å². The predicted molar refractivity (Wildman–Crippen MR) is 113 cm³/mol. The fraction of sp³-hybridized carbons (Fsp3) is 0.381. The summed E-state index contributed by atoms with van der Waals surface area (Å²) in [6, 6.07) is 7.51. The van der Waals surface area contributed by atoms with E-state index in [2.05, 4.69) is 25.9 Å². The van der Waals surface area contributed by atoms with Crippen LogP contribution >= 0.6 is 15.9 Å². The van der Waals surface area contributed by atoms with Crippen LogP contribution in [0.5, 0.6) is 0 Å². The van der Waals surface area contributed by atoms with E-state index in [0.29, 0.717) is 17.7 Å². The average molecular weight is 483 g/mol. The summed E-state index contributed by atoms with van der Waals surface area (Å²) in [4.78, 5) is 23.7. The SMILES string of the molecule is C[C@@H]1Cc2cc(C(=O)/N=C/N(C)C)ccc2[C@@H](c2ccc(Br)cn2)N1CC(F)(F)F. The Balaban J connectivity index is 2.05. The van der Waals surface area contributed by atoms with Gasteiger partial charge in [0, 0.05) is 36.4 Å². The maximum atomic E-state index is 13.3. The highest BCUT2D eigenvalue weighted by Gasteiger charge is 2.41. The summed E-state index contributed by atoms with van der Waals surface area (Å²) in [6.07, 6.45) is -0.939. The molecular weight excluding hydrogens is 461 g/mol. The number of benzene rings is 1. The number of carbonyl (C=O) groups is 1. The van der Waals surface area contributed by atoms with Crippen LogP contribution in [0.25, 0.3) is 0 Å². The highest BCUT2D eigenvalue weighted by atomic mass is 79.9. The third-order valence-corrected chi connectivity index (χ3v) is 5.36. The molecule has 0 unspecified atom stereocenters. The first kappa shape index (κ1) is 22.4. The normalized spacial score (nSPS) is 19.7. The standard InChI is InChI=1S/C21H22BrF3N4O/c1-13-8-15-9-14(20(30)27-12-28(2)3)4-6-17(15)19(29(13)11-21(23,24)25)18-7-5-16(22)10-26-18/h4-7,9-10,12-13,19H,8,11H2,1-3H3/b27-12+/t13-,19+/m1/s1. The lowest BCUT2D eigenvalue weighted by molar-refractivity contribution is -0.155. The van der Waals surface area contributed by atoms with Crippen LogP contribution in [0.4, 0.5) is 13.2 Å². The Bertz CT molecular complexity index is 944. The Kier molecular flexibility index (Phi) is 6.62. The number of fused-ring (bicyclic) bond motifs is 1. The molecule has 0 aliphatic carbocycles. The van der Waals surface area contributed by atoms with E-state index < -0.39 is 24.7 Å². The molecule has 0 saturated carbocycles. The van der Waals surface area contributed by atoms with Crippen molar-refractivity contribution >= 4 is 28.2 Å². The minimum absolute atomic E-state index is 0.384. The Hall–Kier alpha value is -2.26. The maximum absolute atomic E-state index is 13.3. The number of rotatable bonds is 4. The number of pyridine rings is 1. The van der Waals surface area contributed by atoms with Crippen molar-refractivity contribution in [2.24, 2.45) is 4.99 Å². The number of aliphatic imine (C=N–C) groups is 1. The van der Waals surface area contributed by atoms with Crippen LogP contribution in [0.15, 0.2) is 46.0 Å². The molecule has 1 aliphatic heterocycles. The Morgan fingerprint density at radius 1 is 1.33 bits per heavy atom. The molecule has 0 bridgehead atoms. The van der Waals surface area contributed by atoms with Gasteiger partial charge in [0.25, 0.3) is 5.91 Å². The Morgan fingerprint density at radius 3 is 2.67 bits per heavy atom. The van der Waals surface area contributed by atoms with Gasteiger partial charge >= 0.3 is 6.18 Å². The first-order valence-electron chi connectivity index (χ1n) is 9.37. The fourth-order valence-corrected chi connectivity index (χ4v) is 3.86. The zero-order valence-corrected chi connectivity index (χ0v) is 18.4. The molecule has 1 aromatic carbocycles. The van der Waals surface area contributed by atoms with E-state index in [-0.39, 0.29) is 6.04 Å². The molecule has 0 N–H and O–H groups in total. The van der Waals surface area contributed by atoms with Gasteiger partial charge in [0.1, 0.15) is 0 Å². The van der Waals surface area contributed by atoms with Crippen molar-refractivity contribution in [3.63, 3.8) is 0 Å². The van der Waals surface area contributed by atoms with Crippen LogP contribution in [0.3, 0.4) is 0 Å². The van der Waals surface area contributed by atoms with E-state index in [0.717, 1.165) is 15.6 Å². The van der Waals surface area contributed by atoms with Crippen molar-refractivity contribution in [3.8, 4) is 0 Å². The van der Waals surface area contributed by atoms with Gasteiger partial charge in [-0.25, -0.2) is 0 Å². The van der Waals surface area contributed by atoms with Gasteiger partial charge in [0.15, 0.2) is 0 Å². The van der Waals surface area contributed by atoms with E-state index in [4.69, 9.17) is 0 Å². The van der Waals surface area contributed by atoms with Crippen molar-refractivity contribution in [1.29, 1.82) is 0 Å². The number of alkyl halides is 3. The van der Waals surface area contributed by atoms with E-state index in [1.165, 1.54) is 11.2 Å². The number of halogens is 4. The van der Waals surface area contributed by atoms with Gasteiger partial charge in [0.2, 0.25) is 0 Å². The monoisotopic (exact) mass is 482 g/mol. The Morgan fingerprint density at radius 2 is 2.07 bits per heavy atom. The van der Waals surface area contributed by atoms with E-state index in [9.17, 15) is 18.0 Å². The first-order valence-corrected chi connectivity index (χ1v) is 10.2. The van der Waals surface area contributed by atoms with Gasteiger partial charge in [-0.2, -0.15) is 18.2 Å². The molecule has 2 aromatic rings. The van der Waals surface area contributed by atoms with Crippen molar-refractivity contribution in [1.82, 2.24) is 14.8 Å². The third-order valence-electron chi connectivity index (χ3n) is 4.90. The molecule has 0 saturated heterocycles. The molecule has 160 valence electrons. The van der Waals surface area contributed by atoms with Gasteiger partial charge < -0.3 is 4.90 Å². The first-order chi connectivity index (χ1) is 14.0. The van der Waals surface area contributed by atoms with E-state index in [1.807, 2.05) is 0 Å². The molecule has 0 spiro atoms. The van der Waals surface area contributed by atoms with E-state index >= 15 is 0 Å². The number of carbonyl (C=O) groups excluding carboxylic acids is 1. The lowest BCUT2D eigenvalue weighted by Crippen LogP contribution is -2.47. The van der Waals surface area contributed by atoms with Crippen LogP contribution in [0.2, 0.25) is 0 Å². The summed E-state index contributed by atoms with van der Waals surface area (Å²) < 4.78 is 40.7. The van der Waals surface area contributed by atoms with Crippen molar-refractivity contribution in [3.05, 3.63) is 63.4 Å². The highest BCUT2D eigenvalue weighted by molar-refractivity contribution is 9.10. The molecule has 0 radical (unpaired) electrons. The number of hydrogen-bond donors (Lipinski definition) is 0. The van der Waals surface area contributed by atoms with Crippen LogP contribution in [0, 0.1) is 0 Å². The minimum atomic E-state index is -4.34. The van der Waals surface area contributed by atoms with Gasteiger partial charge in [0.05, 0.1) is 24.6 Å². The average Bonchev–Trinajstić information content (AvgIpc) is 2.66. The van der Waals surface area contributed by atoms with Crippen molar-refractivity contribution < 1.29 is 18.0 Å². The molecule has 1 aromatic heterocycles. The molecular formula is C21H22BrF3N4O. The number of aromatic nitrogens is 1. The maximum Gasteiger partial charge on any atom is 0.401 e. The zero-order valence-electron chi connectivity index (χ0n) is 16.8. The van der Waals surface area contributed by atoms with Gasteiger partial charge in [-0.1, -0.05) is 6.07 Å². The molecule has 30 heavy (non-hydrogen) atoms. The molecule has 5 nitrogen and oxygen atoms in total. The fourth-order valence-electron chi connectivity index (χ4n) is 3.63. The highest BCUT2D eigenvalue weighted by Crippen LogP contribution is 2.39. The minimum Gasteiger partial charge on any atom is -0.369 e.